The highest BCUT2D eigenvalue weighted by Crippen LogP contribution is 2.49. The molecule has 12 heteroatoms. The summed E-state index contributed by atoms with van der Waals surface area (Å²) in [6.45, 7) is -2.21. The number of alkyl halides is 3. The van der Waals surface area contributed by atoms with Gasteiger partial charge in [-0.2, -0.15) is 13.2 Å². The van der Waals surface area contributed by atoms with Crippen LogP contribution in [0.1, 0.15) is 41.5 Å². The molecule has 3 unspecified atom stereocenters. The molecule has 2 spiro atoms. The van der Waals surface area contributed by atoms with Crippen molar-refractivity contribution >= 4 is 29.4 Å². The normalized spacial score (nSPS) is 27.4. The van der Waals surface area contributed by atoms with E-state index in [0.29, 0.717) is 41.8 Å². The van der Waals surface area contributed by atoms with Crippen LogP contribution in [0.25, 0.3) is 0 Å². The van der Waals surface area contributed by atoms with Crippen LogP contribution in [0.4, 0.5) is 23.7 Å². The molecule has 0 aromatic heterocycles. The molecule has 210 valence electrons. The number of imide groups is 1. The fraction of sp³-hybridized carbons (Fsp3) is 0.429. The SMILES string of the molecule is O=C1CC2(Cc3ccc(NC(=O)CN4C(=O)N(CC(F)(F)F)C(O)C45CCCc4ccccc45)cc3C2)C(=O)N1. The van der Waals surface area contributed by atoms with Crippen LogP contribution in [-0.2, 0) is 39.2 Å². The third-order valence-electron chi connectivity index (χ3n) is 8.60. The Labute approximate surface area is 227 Å². The smallest absolute Gasteiger partial charge is 0.371 e. The molecule has 3 N–H and O–H groups in total. The van der Waals surface area contributed by atoms with Crippen molar-refractivity contribution in [3.8, 4) is 0 Å². The van der Waals surface area contributed by atoms with Gasteiger partial charge in [-0.05, 0) is 66.5 Å². The molecule has 4 aliphatic rings. The Morgan fingerprint density at radius 3 is 2.52 bits per heavy atom. The molecule has 2 heterocycles. The quantitative estimate of drug-likeness (QED) is 0.501. The summed E-state index contributed by atoms with van der Waals surface area (Å²) < 4.78 is 40.2. The van der Waals surface area contributed by atoms with Crippen molar-refractivity contribution in [2.45, 2.75) is 56.5 Å². The van der Waals surface area contributed by atoms with E-state index in [-0.39, 0.29) is 24.7 Å². The van der Waals surface area contributed by atoms with E-state index in [2.05, 4.69) is 10.6 Å². The zero-order valence-electron chi connectivity index (χ0n) is 21.4. The fourth-order valence-electron chi connectivity index (χ4n) is 6.93. The van der Waals surface area contributed by atoms with Crippen molar-refractivity contribution in [3.63, 3.8) is 0 Å². The summed E-state index contributed by atoms with van der Waals surface area (Å²) in [7, 11) is 0. The van der Waals surface area contributed by atoms with Crippen molar-refractivity contribution in [3.05, 3.63) is 64.7 Å². The number of carbonyl (C=O) groups is 4. The van der Waals surface area contributed by atoms with Gasteiger partial charge in [0, 0.05) is 12.1 Å². The van der Waals surface area contributed by atoms with Crippen LogP contribution in [0.2, 0.25) is 0 Å². The summed E-state index contributed by atoms with van der Waals surface area (Å²) in [5.41, 5.74) is 1.09. The van der Waals surface area contributed by atoms with Crippen molar-refractivity contribution in [2.24, 2.45) is 5.41 Å². The number of aliphatic hydroxyl groups excluding tert-OH is 1. The third-order valence-corrected chi connectivity index (χ3v) is 8.60. The van der Waals surface area contributed by atoms with Crippen molar-refractivity contribution in [2.75, 3.05) is 18.4 Å². The predicted octanol–water partition coefficient (Wildman–Crippen LogP) is 2.61. The minimum atomic E-state index is -4.74. The maximum absolute atomic E-state index is 13.4. The van der Waals surface area contributed by atoms with Gasteiger partial charge in [-0.3, -0.25) is 24.6 Å². The second kappa shape index (κ2) is 9.05. The van der Waals surface area contributed by atoms with E-state index in [1.807, 2.05) is 6.07 Å². The molecule has 2 aliphatic heterocycles. The summed E-state index contributed by atoms with van der Waals surface area (Å²) in [6, 6.07) is 11.0. The van der Waals surface area contributed by atoms with Crippen molar-refractivity contribution < 1.29 is 37.5 Å². The van der Waals surface area contributed by atoms with Gasteiger partial charge in [0.15, 0.2) is 6.23 Å². The van der Waals surface area contributed by atoms with E-state index in [1.165, 1.54) is 0 Å². The van der Waals surface area contributed by atoms with E-state index in [4.69, 9.17) is 0 Å². The standard InChI is InChI=1S/C28H27F3N4O5/c29-28(30,31)15-34-24(39)27(9-3-5-16-4-1-2-6-20(16)27)35(25(34)40)14-22(37)32-19-8-7-17-11-26(12-18(17)10-19)13-21(36)33-23(26)38/h1-2,4,6-8,10,24,39H,3,5,9,11-15H2,(H,32,37)(H,33,36,38). The molecule has 2 aromatic carbocycles. The van der Waals surface area contributed by atoms with E-state index in [0.717, 1.165) is 21.6 Å². The summed E-state index contributed by atoms with van der Waals surface area (Å²) in [4.78, 5) is 52.3. The Kier molecular flexibility index (Phi) is 5.95. The molecule has 3 atom stereocenters. The number of nitrogens with one attached hydrogen (secondary N) is 2. The lowest BCUT2D eigenvalue weighted by Crippen LogP contribution is -2.53. The molecule has 40 heavy (non-hydrogen) atoms. The lowest BCUT2D eigenvalue weighted by Gasteiger charge is -2.43. The Balaban J connectivity index is 1.26. The molecule has 6 rings (SSSR count). The number of hydrogen-bond acceptors (Lipinski definition) is 5. The summed E-state index contributed by atoms with van der Waals surface area (Å²) >= 11 is 0. The molecule has 0 saturated carbocycles. The number of rotatable bonds is 4. The van der Waals surface area contributed by atoms with Gasteiger partial charge in [0.2, 0.25) is 17.7 Å². The Hall–Kier alpha value is -3.93. The molecular weight excluding hydrogens is 529 g/mol. The van der Waals surface area contributed by atoms with Crippen LogP contribution in [0.15, 0.2) is 42.5 Å². The largest absolute Gasteiger partial charge is 0.406 e. The zero-order valence-corrected chi connectivity index (χ0v) is 21.4. The molecule has 2 fully saturated rings. The number of aliphatic hydroxyl groups is 1. The highest BCUT2D eigenvalue weighted by molar-refractivity contribution is 6.06. The first kappa shape index (κ1) is 26.3. The van der Waals surface area contributed by atoms with E-state index < -0.39 is 48.4 Å². The van der Waals surface area contributed by atoms with E-state index >= 15 is 0 Å². The van der Waals surface area contributed by atoms with Gasteiger partial charge in [-0.15, -0.1) is 0 Å². The highest BCUT2D eigenvalue weighted by atomic mass is 19.4. The van der Waals surface area contributed by atoms with Crippen LogP contribution >= 0.6 is 0 Å². The van der Waals surface area contributed by atoms with Gasteiger partial charge in [0.25, 0.3) is 0 Å². The molecule has 2 aliphatic carbocycles. The number of fused-ring (bicyclic) bond motifs is 3. The molecule has 2 saturated heterocycles. The van der Waals surface area contributed by atoms with E-state index in [9.17, 15) is 37.5 Å². The summed E-state index contributed by atoms with van der Waals surface area (Å²) in [6.07, 6.45) is -4.35. The van der Waals surface area contributed by atoms with Crippen LogP contribution in [0.5, 0.6) is 0 Å². The molecule has 5 amide bonds. The lowest BCUT2D eigenvalue weighted by molar-refractivity contribution is -0.158. The molecule has 0 bridgehead atoms. The Morgan fingerprint density at radius 1 is 1.05 bits per heavy atom. The van der Waals surface area contributed by atoms with Crippen LogP contribution in [-0.4, -0.2) is 64.2 Å². The average molecular weight is 557 g/mol. The first-order valence-electron chi connectivity index (χ1n) is 13.1. The highest BCUT2D eigenvalue weighted by Gasteiger charge is 2.61. The monoisotopic (exact) mass is 556 g/mol. The number of carbonyl (C=O) groups excluding carboxylic acids is 4. The van der Waals surface area contributed by atoms with Gasteiger partial charge in [-0.1, -0.05) is 30.3 Å². The van der Waals surface area contributed by atoms with Gasteiger partial charge in [-0.25, -0.2) is 4.79 Å². The van der Waals surface area contributed by atoms with Gasteiger partial charge in [0.1, 0.15) is 18.6 Å². The topological polar surface area (TPSA) is 119 Å². The third kappa shape index (κ3) is 4.12. The molecule has 2 aromatic rings. The fourth-order valence-corrected chi connectivity index (χ4v) is 6.93. The second-order valence-corrected chi connectivity index (χ2v) is 11.1. The number of urea groups is 1. The number of benzene rings is 2. The maximum atomic E-state index is 13.4. The van der Waals surface area contributed by atoms with Crippen molar-refractivity contribution in [1.29, 1.82) is 0 Å². The molecular formula is C28H27F3N4O5. The number of hydrogen-bond donors (Lipinski definition) is 3. The van der Waals surface area contributed by atoms with Gasteiger partial charge in [0.05, 0.1) is 5.41 Å². The summed E-state index contributed by atoms with van der Waals surface area (Å²) in [5.74, 6) is -1.27. The van der Waals surface area contributed by atoms with Crippen molar-refractivity contribution in [1.82, 2.24) is 15.1 Å². The summed E-state index contributed by atoms with van der Waals surface area (Å²) in [5, 5.41) is 16.3. The maximum Gasteiger partial charge on any atom is 0.406 e. The van der Waals surface area contributed by atoms with Crippen LogP contribution in [0.3, 0.4) is 0 Å². The molecule has 9 nitrogen and oxygen atoms in total. The van der Waals surface area contributed by atoms with Gasteiger partial charge >= 0.3 is 12.2 Å². The number of halogens is 3. The Bertz CT molecular complexity index is 1450. The van der Waals surface area contributed by atoms with Gasteiger partial charge < -0.3 is 15.3 Å². The lowest BCUT2D eigenvalue weighted by atomic mass is 9.74. The first-order chi connectivity index (χ1) is 18.9. The average Bonchev–Trinajstić information content (AvgIpc) is 3.45. The minimum absolute atomic E-state index is 0.0968. The number of aryl methyl sites for hydroxylation is 1. The second-order valence-electron chi connectivity index (χ2n) is 11.1. The van der Waals surface area contributed by atoms with Crippen LogP contribution < -0.4 is 10.6 Å². The molecule has 0 radical (unpaired) electrons. The number of amides is 5. The predicted molar refractivity (Wildman–Crippen MR) is 135 cm³/mol. The number of anilines is 1. The number of nitrogens with zero attached hydrogens (tertiary/aromatic N) is 2. The van der Waals surface area contributed by atoms with Crippen LogP contribution in [0, 0.1) is 5.41 Å². The minimum Gasteiger partial charge on any atom is -0.371 e. The zero-order chi connectivity index (χ0) is 28.4. The Morgan fingerprint density at radius 2 is 1.80 bits per heavy atom. The first-order valence-corrected chi connectivity index (χ1v) is 13.1. The van der Waals surface area contributed by atoms with E-state index in [1.54, 1.807) is 36.4 Å².